The van der Waals surface area contributed by atoms with Crippen LogP contribution in [0.15, 0.2) is 23.6 Å². The van der Waals surface area contributed by atoms with E-state index in [-0.39, 0.29) is 5.56 Å². The van der Waals surface area contributed by atoms with E-state index in [1.54, 1.807) is 6.07 Å². The summed E-state index contributed by atoms with van der Waals surface area (Å²) in [5.41, 5.74) is 0.281. The summed E-state index contributed by atoms with van der Waals surface area (Å²) in [6.45, 7) is 0. The minimum Gasteiger partial charge on any atom is -0.465 e. The first-order chi connectivity index (χ1) is 6.72. The highest BCUT2D eigenvalue weighted by molar-refractivity contribution is 7.17. The number of rotatable bonds is 1. The SMILES string of the molecule is COC(=O)c1cc(F)cc2sccc12. The molecule has 72 valence electrons. The van der Waals surface area contributed by atoms with Gasteiger partial charge >= 0.3 is 5.97 Å². The molecule has 0 unspecified atom stereocenters. The van der Waals surface area contributed by atoms with Gasteiger partial charge in [0.2, 0.25) is 0 Å². The number of methoxy groups -OCH3 is 1. The number of hydrogen-bond acceptors (Lipinski definition) is 3. The molecule has 2 aromatic rings. The van der Waals surface area contributed by atoms with Crippen LogP contribution in [0.25, 0.3) is 10.1 Å². The molecule has 0 saturated heterocycles. The molecule has 0 fully saturated rings. The van der Waals surface area contributed by atoms with Gasteiger partial charge < -0.3 is 4.74 Å². The van der Waals surface area contributed by atoms with Gasteiger partial charge in [0.1, 0.15) is 5.82 Å². The second-order valence-corrected chi connectivity index (χ2v) is 3.73. The maximum absolute atomic E-state index is 13.1. The Morgan fingerprint density at radius 1 is 1.50 bits per heavy atom. The molecule has 2 rings (SSSR count). The summed E-state index contributed by atoms with van der Waals surface area (Å²) in [6.07, 6.45) is 0. The fourth-order valence-electron chi connectivity index (χ4n) is 1.32. The molecule has 0 radical (unpaired) electrons. The lowest BCUT2D eigenvalue weighted by atomic mass is 10.1. The Kier molecular flexibility index (Phi) is 2.21. The van der Waals surface area contributed by atoms with Gasteiger partial charge in [-0.25, -0.2) is 9.18 Å². The molecule has 0 N–H and O–H groups in total. The number of ether oxygens (including phenoxy) is 1. The highest BCUT2D eigenvalue weighted by atomic mass is 32.1. The predicted molar refractivity (Wildman–Crippen MR) is 53.1 cm³/mol. The first kappa shape index (κ1) is 9.15. The molecule has 4 heteroatoms. The van der Waals surface area contributed by atoms with Gasteiger partial charge in [0, 0.05) is 10.1 Å². The Bertz CT molecular complexity index is 490. The number of halogens is 1. The summed E-state index contributed by atoms with van der Waals surface area (Å²) in [4.78, 5) is 11.3. The topological polar surface area (TPSA) is 26.3 Å². The van der Waals surface area contributed by atoms with Crippen LogP contribution in [0.1, 0.15) is 10.4 Å². The molecule has 0 spiro atoms. The van der Waals surface area contributed by atoms with Crippen LogP contribution in [0.2, 0.25) is 0 Å². The Labute approximate surface area is 83.9 Å². The second-order valence-electron chi connectivity index (χ2n) is 2.78. The third-order valence-electron chi connectivity index (χ3n) is 1.94. The van der Waals surface area contributed by atoms with E-state index in [0.29, 0.717) is 0 Å². The van der Waals surface area contributed by atoms with Crippen molar-refractivity contribution >= 4 is 27.4 Å². The fourth-order valence-corrected chi connectivity index (χ4v) is 2.15. The first-order valence-corrected chi connectivity index (χ1v) is 4.85. The number of esters is 1. The van der Waals surface area contributed by atoms with Crippen molar-refractivity contribution in [3.63, 3.8) is 0 Å². The van der Waals surface area contributed by atoms with E-state index in [1.165, 1.54) is 30.6 Å². The lowest BCUT2D eigenvalue weighted by molar-refractivity contribution is 0.0602. The van der Waals surface area contributed by atoms with Crippen molar-refractivity contribution in [1.82, 2.24) is 0 Å². The van der Waals surface area contributed by atoms with E-state index in [4.69, 9.17) is 0 Å². The molecule has 0 saturated carbocycles. The molecule has 1 aromatic carbocycles. The molecule has 1 heterocycles. The number of carbonyl (C=O) groups excluding carboxylic acids is 1. The van der Waals surface area contributed by atoms with Gasteiger partial charge in [-0.1, -0.05) is 0 Å². The Morgan fingerprint density at radius 2 is 2.29 bits per heavy atom. The quantitative estimate of drug-likeness (QED) is 0.676. The van der Waals surface area contributed by atoms with Gasteiger partial charge in [0.15, 0.2) is 0 Å². The smallest absolute Gasteiger partial charge is 0.338 e. The minimum atomic E-state index is -0.507. The van der Waals surface area contributed by atoms with E-state index >= 15 is 0 Å². The van der Waals surface area contributed by atoms with Crippen molar-refractivity contribution in [2.45, 2.75) is 0 Å². The number of benzene rings is 1. The van der Waals surface area contributed by atoms with Gasteiger partial charge in [-0.15, -0.1) is 11.3 Å². The van der Waals surface area contributed by atoms with Crippen molar-refractivity contribution in [2.75, 3.05) is 7.11 Å². The monoisotopic (exact) mass is 210 g/mol. The van der Waals surface area contributed by atoms with E-state index in [0.717, 1.165) is 10.1 Å². The molecular formula is C10H7FO2S. The molecule has 14 heavy (non-hydrogen) atoms. The van der Waals surface area contributed by atoms with Gasteiger partial charge in [0.05, 0.1) is 12.7 Å². The zero-order valence-electron chi connectivity index (χ0n) is 7.41. The summed E-state index contributed by atoms with van der Waals surface area (Å²) in [6, 6.07) is 4.39. The van der Waals surface area contributed by atoms with Crippen LogP contribution in [-0.4, -0.2) is 13.1 Å². The first-order valence-electron chi connectivity index (χ1n) is 3.97. The van der Waals surface area contributed by atoms with Crippen LogP contribution in [-0.2, 0) is 4.74 Å². The van der Waals surface area contributed by atoms with Crippen LogP contribution in [0.4, 0.5) is 4.39 Å². The summed E-state index contributed by atoms with van der Waals surface area (Å²) in [5.74, 6) is -0.923. The van der Waals surface area contributed by atoms with Crippen LogP contribution in [0, 0.1) is 5.82 Å². The normalized spacial score (nSPS) is 10.4. The molecule has 1 aromatic heterocycles. The average molecular weight is 210 g/mol. The maximum Gasteiger partial charge on any atom is 0.338 e. The summed E-state index contributed by atoms with van der Waals surface area (Å²) in [5, 5.41) is 2.56. The summed E-state index contributed by atoms with van der Waals surface area (Å²) < 4.78 is 18.4. The third kappa shape index (κ3) is 1.37. The van der Waals surface area contributed by atoms with Crippen LogP contribution in [0.3, 0.4) is 0 Å². The average Bonchev–Trinajstić information content (AvgIpc) is 2.62. The number of carbonyl (C=O) groups is 1. The van der Waals surface area contributed by atoms with Gasteiger partial charge in [-0.05, 0) is 23.6 Å². The predicted octanol–water partition coefficient (Wildman–Crippen LogP) is 2.83. The Hall–Kier alpha value is -1.42. The van der Waals surface area contributed by atoms with E-state index in [2.05, 4.69) is 4.74 Å². The van der Waals surface area contributed by atoms with Crippen LogP contribution in [0.5, 0.6) is 0 Å². The highest BCUT2D eigenvalue weighted by Gasteiger charge is 2.12. The number of thiophene rings is 1. The summed E-state index contributed by atoms with van der Waals surface area (Å²) >= 11 is 1.40. The van der Waals surface area contributed by atoms with Crippen molar-refractivity contribution in [3.8, 4) is 0 Å². The zero-order chi connectivity index (χ0) is 10.1. The molecule has 0 amide bonds. The molecular weight excluding hydrogens is 203 g/mol. The standard InChI is InChI=1S/C10H7FO2S/c1-13-10(12)8-4-6(11)5-9-7(8)2-3-14-9/h2-5H,1H3. The molecule has 0 aliphatic rings. The van der Waals surface area contributed by atoms with Gasteiger partial charge in [-0.3, -0.25) is 0 Å². The highest BCUT2D eigenvalue weighted by Crippen LogP contribution is 2.26. The largest absolute Gasteiger partial charge is 0.465 e. The van der Waals surface area contributed by atoms with Crippen LogP contribution >= 0.6 is 11.3 Å². The van der Waals surface area contributed by atoms with E-state index in [9.17, 15) is 9.18 Å². The van der Waals surface area contributed by atoms with Gasteiger partial charge in [-0.2, -0.15) is 0 Å². The van der Waals surface area contributed by atoms with Crippen molar-refractivity contribution in [3.05, 3.63) is 35.0 Å². The van der Waals surface area contributed by atoms with Gasteiger partial charge in [0.25, 0.3) is 0 Å². The zero-order valence-corrected chi connectivity index (χ0v) is 8.23. The maximum atomic E-state index is 13.1. The van der Waals surface area contributed by atoms with Crippen molar-refractivity contribution in [2.24, 2.45) is 0 Å². The van der Waals surface area contributed by atoms with E-state index < -0.39 is 11.8 Å². The fraction of sp³-hybridized carbons (Fsp3) is 0.100. The third-order valence-corrected chi connectivity index (χ3v) is 2.81. The molecule has 0 aliphatic carbocycles. The number of hydrogen-bond donors (Lipinski definition) is 0. The van der Waals surface area contributed by atoms with Crippen molar-refractivity contribution in [1.29, 1.82) is 0 Å². The Morgan fingerprint density at radius 3 is 3.00 bits per heavy atom. The van der Waals surface area contributed by atoms with E-state index in [1.807, 2.05) is 5.38 Å². The summed E-state index contributed by atoms with van der Waals surface area (Å²) in [7, 11) is 1.28. The second kappa shape index (κ2) is 3.38. The number of fused-ring (bicyclic) bond motifs is 1. The Balaban J connectivity index is 2.72. The minimum absolute atomic E-state index is 0.281. The lowest BCUT2D eigenvalue weighted by Crippen LogP contribution is -2.01. The molecule has 0 aliphatic heterocycles. The lowest BCUT2D eigenvalue weighted by Gasteiger charge is -2.01. The molecule has 0 bridgehead atoms. The molecule has 0 atom stereocenters. The van der Waals surface area contributed by atoms with Crippen LogP contribution < -0.4 is 0 Å². The van der Waals surface area contributed by atoms with Crippen molar-refractivity contribution < 1.29 is 13.9 Å². The molecule has 2 nitrogen and oxygen atoms in total.